The molecule has 1 aromatic carbocycles. The van der Waals surface area contributed by atoms with Crippen molar-refractivity contribution >= 4 is 21.9 Å². The molecule has 0 N–H and O–H groups in total. The summed E-state index contributed by atoms with van der Waals surface area (Å²) in [6, 6.07) is 4.79. The minimum absolute atomic E-state index is 0.387. The van der Waals surface area contributed by atoms with E-state index in [0.29, 0.717) is 16.9 Å². The fourth-order valence-electron chi connectivity index (χ4n) is 2.05. The molecule has 0 atom stereocenters. The first-order valence-electron chi connectivity index (χ1n) is 5.19. The molecule has 3 rings (SSSR count). The predicted octanol–water partition coefficient (Wildman–Crippen LogP) is 2.86. The summed E-state index contributed by atoms with van der Waals surface area (Å²) < 4.78 is 15.9. The van der Waals surface area contributed by atoms with E-state index >= 15 is 0 Å². The first kappa shape index (κ1) is 9.96. The molecule has 0 unspecified atom stereocenters. The Morgan fingerprint density at radius 2 is 2.06 bits per heavy atom. The zero-order valence-electron chi connectivity index (χ0n) is 9.44. The van der Waals surface area contributed by atoms with Crippen LogP contribution in [0.1, 0.15) is 5.56 Å². The summed E-state index contributed by atoms with van der Waals surface area (Å²) in [5.41, 5.74) is 1.73. The Balaban J connectivity index is 2.60. The van der Waals surface area contributed by atoms with Gasteiger partial charge in [0.15, 0.2) is 0 Å². The van der Waals surface area contributed by atoms with Crippen LogP contribution in [0.25, 0.3) is 21.9 Å². The number of methoxy groups -OCH3 is 1. The highest BCUT2D eigenvalue weighted by Gasteiger charge is 2.14. The molecule has 0 aliphatic heterocycles. The molecule has 4 nitrogen and oxygen atoms in total. The quantitative estimate of drug-likeness (QED) is 0.603. The van der Waals surface area contributed by atoms with E-state index in [1.807, 2.05) is 6.92 Å². The maximum absolute atomic E-state index is 11.2. The van der Waals surface area contributed by atoms with Gasteiger partial charge in [0, 0.05) is 12.1 Å². The molecule has 0 spiro atoms. The second-order valence-corrected chi connectivity index (χ2v) is 3.87. The first-order valence-corrected chi connectivity index (χ1v) is 5.19. The van der Waals surface area contributed by atoms with E-state index in [1.54, 1.807) is 25.5 Å². The highest BCUT2D eigenvalue weighted by atomic mass is 16.5. The monoisotopic (exact) mass is 230 g/mol. The van der Waals surface area contributed by atoms with Crippen LogP contribution in [0.5, 0.6) is 5.75 Å². The zero-order chi connectivity index (χ0) is 12.0. The van der Waals surface area contributed by atoms with Crippen LogP contribution in [0.3, 0.4) is 0 Å². The van der Waals surface area contributed by atoms with E-state index in [0.717, 1.165) is 16.3 Å². The molecular weight excluding hydrogens is 220 g/mol. The zero-order valence-corrected chi connectivity index (χ0v) is 9.44. The lowest BCUT2D eigenvalue weighted by atomic mass is 10.1. The third kappa shape index (κ3) is 1.34. The van der Waals surface area contributed by atoms with Gasteiger partial charge >= 0.3 is 5.63 Å². The summed E-state index contributed by atoms with van der Waals surface area (Å²) in [4.78, 5) is 11.2. The molecule has 4 heteroatoms. The molecule has 0 radical (unpaired) electrons. The molecule has 0 aliphatic rings. The summed E-state index contributed by atoms with van der Waals surface area (Å²) in [5, 5.41) is 1.68. The number of aryl methyl sites for hydroxylation is 1. The first-order chi connectivity index (χ1) is 8.20. The van der Waals surface area contributed by atoms with Gasteiger partial charge in [-0.2, -0.15) is 0 Å². The van der Waals surface area contributed by atoms with E-state index in [1.165, 1.54) is 6.07 Å². The van der Waals surface area contributed by atoms with Gasteiger partial charge in [0.2, 0.25) is 0 Å². The minimum Gasteiger partial charge on any atom is -0.495 e. The predicted molar refractivity (Wildman–Crippen MR) is 63.5 cm³/mol. The lowest BCUT2D eigenvalue weighted by Gasteiger charge is -2.06. The van der Waals surface area contributed by atoms with Crippen molar-refractivity contribution in [2.45, 2.75) is 6.92 Å². The van der Waals surface area contributed by atoms with E-state index < -0.39 is 0 Å². The maximum Gasteiger partial charge on any atom is 0.336 e. The molecule has 2 heterocycles. The smallest absolute Gasteiger partial charge is 0.336 e. The van der Waals surface area contributed by atoms with E-state index in [9.17, 15) is 4.79 Å². The molecule has 17 heavy (non-hydrogen) atoms. The van der Waals surface area contributed by atoms with Crippen molar-refractivity contribution in [2.24, 2.45) is 0 Å². The SMILES string of the molecule is COc1c2ccc(=O)oc2cc2occ(C)c12. The van der Waals surface area contributed by atoms with Crippen molar-refractivity contribution in [3.63, 3.8) is 0 Å². The molecule has 0 bridgehead atoms. The highest BCUT2D eigenvalue weighted by Crippen LogP contribution is 2.36. The van der Waals surface area contributed by atoms with Crippen molar-refractivity contribution in [3.8, 4) is 5.75 Å². The standard InChI is InChI=1S/C13H10O4/c1-7-6-16-10-5-9-8(3-4-11(14)17-9)13(15-2)12(7)10/h3-6H,1-2H3. The van der Waals surface area contributed by atoms with Crippen molar-refractivity contribution in [1.82, 2.24) is 0 Å². The number of benzene rings is 1. The summed E-state index contributed by atoms with van der Waals surface area (Å²) in [7, 11) is 1.59. The highest BCUT2D eigenvalue weighted by molar-refractivity contribution is 6.02. The normalized spacial score (nSPS) is 11.2. The molecule has 3 aromatic rings. The van der Waals surface area contributed by atoms with Crippen LogP contribution in [0, 0.1) is 6.92 Å². The summed E-state index contributed by atoms with van der Waals surface area (Å²) in [6.45, 7) is 1.94. The number of furan rings is 1. The van der Waals surface area contributed by atoms with Crippen LogP contribution in [0.15, 0.2) is 38.1 Å². The van der Waals surface area contributed by atoms with Gasteiger partial charge in [0.05, 0.1) is 24.1 Å². The van der Waals surface area contributed by atoms with Crippen LogP contribution < -0.4 is 10.4 Å². The third-order valence-electron chi connectivity index (χ3n) is 2.80. The van der Waals surface area contributed by atoms with Gasteiger partial charge in [-0.15, -0.1) is 0 Å². The van der Waals surface area contributed by atoms with Crippen molar-refractivity contribution in [1.29, 1.82) is 0 Å². The molecule has 0 amide bonds. The average molecular weight is 230 g/mol. The molecule has 0 saturated heterocycles. The van der Waals surface area contributed by atoms with Gasteiger partial charge in [-0.3, -0.25) is 0 Å². The van der Waals surface area contributed by atoms with Gasteiger partial charge in [-0.05, 0) is 18.6 Å². The minimum atomic E-state index is -0.387. The number of hydrogen-bond acceptors (Lipinski definition) is 4. The van der Waals surface area contributed by atoms with E-state index in [2.05, 4.69) is 0 Å². The summed E-state index contributed by atoms with van der Waals surface area (Å²) >= 11 is 0. The Morgan fingerprint density at radius 1 is 1.24 bits per heavy atom. The molecular formula is C13H10O4. The fraction of sp³-hybridized carbons (Fsp3) is 0.154. The Hall–Kier alpha value is -2.23. The second-order valence-electron chi connectivity index (χ2n) is 3.87. The Morgan fingerprint density at radius 3 is 2.82 bits per heavy atom. The van der Waals surface area contributed by atoms with Gasteiger partial charge in [-0.25, -0.2) is 4.79 Å². The lowest BCUT2D eigenvalue weighted by molar-refractivity contribution is 0.423. The van der Waals surface area contributed by atoms with Crippen LogP contribution in [0.2, 0.25) is 0 Å². The Bertz CT molecular complexity index is 764. The van der Waals surface area contributed by atoms with Crippen LogP contribution in [0.4, 0.5) is 0 Å². The largest absolute Gasteiger partial charge is 0.495 e. The average Bonchev–Trinajstić information content (AvgIpc) is 2.68. The van der Waals surface area contributed by atoms with Crippen LogP contribution in [-0.4, -0.2) is 7.11 Å². The number of hydrogen-bond donors (Lipinski definition) is 0. The lowest BCUT2D eigenvalue weighted by Crippen LogP contribution is -1.96. The molecule has 0 aliphatic carbocycles. The Kier molecular flexibility index (Phi) is 1.98. The van der Waals surface area contributed by atoms with Gasteiger partial charge in [-0.1, -0.05) is 0 Å². The van der Waals surface area contributed by atoms with Crippen LogP contribution in [-0.2, 0) is 0 Å². The van der Waals surface area contributed by atoms with Crippen molar-refractivity contribution < 1.29 is 13.6 Å². The molecule has 0 fully saturated rings. The maximum atomic E-state index is 11.2. The Labute approximate surface area is 96.4 Å². The third-order valence-corrected chi connectivity index (χ3v) is 2.80. The second kappa shape index (κ2) is 3.38. The van der Waals surface area contributed by atoms with Crippen molar-refractivity contribution in [2.75, 3.05) is 7.11 Å². The van der Waals surface area contributed by atoms with Gasteiger partial charge < -0.3 is 13.6 Å². The van der Waals surface area contributed by atoms with E-state index in [4.69, 9.17) is 13.6 Å². The molecule has 86 valence electrons. The van der Waals surface area contributed by atoms with Gasteiger partial charge in [0.25, 0.3) is 0 Å². The van der Waals surface area contributed by atoms with Gasteiger partial charge in [0.1, 0.15) is 16.9 Å². The number of fused-ring (bicyclic) bond motifs is 2. The van der Waals surface area contributed by atoms with Crippen LogP contribution >= 0.6 is 0 Å². The molecule has 2 aromatic heterocycles. The number of rotatable bonds is 1. The topological polar surface area (TPSA) is 52.6 Å². The van der Waals surface area contributed by atoms with Crippen molar-refractivity contribution in [3.05, 3.63) is 40.4 Å². The molecule has 0 saturated carbocycles. The van der Waals surface area contributed by atoms with E-state index in [-0.39, 0.29) is 5.63 Å². The summed E-state index contributed by atoms with van der Waals surface area (Å²) in [6.07, 6.45) is 1.66. The number of ether oxygens (including phenoxy) is 1. The summed E-state index contributed by atoms with van der Waals surface area (Å²) in [5.74, 6) is 0.674. The fourth-order valence-corrected chi connectivity index (χ4v) is 2.05.